The molecule has 0 aromatic carbocycles. The minimum atomic E-state index is -0.597. The molecule has 0 aliphatic rings. The fraction of sp³-hybridized carbons (Fsp3) is 0.951. The minimum Gasteiger partial charge on any atom is -0.466 e. The highest BCUT2D eigenvalue weighted by atomic mass is 16.5. The van der Waals surface area contributed by atoms with Crippen LogP contribution in [0.25, 0.3) is 0 Å². The Morgan fingerprint density at radius 1 is 0.532 bits per heavy atom. The number of esters is 2. The van der Waals surface area contributed by atoms with E-state index in [0.717, 1.165) is 129 Å². The summed E-state index contributed by atoms with van der Waals surface area (Å²) in [5.41, 5.74) is -0.597. The molecule has 0 rings (SSSR count). The molecule has 0 spiro atoms. The number of nitrogens with zero attached hydrogens (tertiary/aromatic N) is 1. The Bertz CT molecular complexity index is 704. The molecule has 1 N–H and O–H groups in total. The molecule has 6 nitrogen and oxygen atoms in total. The Kier molecular flexibility index (Phi) is 31.3. The van der Waals surface area contributed by atoms with Gasteiger partial charge in [-0.05, 0) is 95.7 Å². The number of hydrogen-bond donors (Lipinski definition) is 1. The highest BCUT2D eigenvalue weighted by Gasteiger charge is 2.25. The predicted octanol–water partition coefficient (Wildman–Crippen LogP) is 11.2. The first kappa shape index (κ1) is 45.9. The number of aliphatic hydroxyl groups is 1. The lowest BCUT2D eigenvalue weighted by Gasteiger charge is -2.29. The summed E-state index contributed by atoms with van der Waals surface area (Å²) >= 11 is 0. The SMILES string of the molecule is CCCCC(CC)CC(=O)OCCCCCCC(O)(CCCCCCOC(=O)CC(CCC)CCC)CCCCN(CCC)CCC. The van der Waals surface area contributed by atoms with E-state index < -0.39 is 5.60 Å². The van der Waals surface area contributed by atoms with Crippen molar-refractivity contribution in [3.8, 4) is 0 Å². The lowest BCUT2D eigenvalue weighted by atomic mass is 9.85. The summed E-state index contributed by atoms with van der Waals surface area (Å²) < 4.78 is 11.1. The molecule has 0 fully saturated rings. The highest BCUT2D eigenvalue weighted by Crippen LogP contribution is 2.29. The van der Waals surface area contributed by atoms with E-state index in [1.54, 1.807) is 0 Å². The molecule has 0 aromatic rings. The fourth-order valence-electron chi connectivity index (χ4n) is 7.02. The van der Waals surface area contributed by atoms with Gasteiger partial charge in [0.05, 0.1) is 18.8 Å². The third-order valence-corrected chi connectivity index (χ3v) is 9.89. The van der Waals surface area contributed by atoms with E-state index >= 15 is 0 Å². The second-order valence-electron chi connectivity index (χ2n) is 14.6. The largest absolute Gasteiger partial charge is 0.466 e. The molecule has 280 valence electrons. The predicted molar refractivity (Wildman–Crippen MR) is 200 cm³/mol. The van der Waals surface area contributed by atoms with Crippen LogP contribution >= 0.6 is 0 Å². The van der Waals surface area contributed by atoms with Gasteiger partial charge in [0.2, 0.25) is 0 Å². The van der Waals surface area contributed by atoms with Crippen LogP contribution in [0.2, 0.25) is 0 Å². The number of carbonyl (C=O) groups is 2. The van der Waals surface area contributed by atoms with Gasteiger partial charge >= 0.3 is 11.9 Å². The molecule has 0 aromatic heterocycles. The number of unbranched alkanes of at least 4 members (excludes halogenated alkanes) is 8. The second-order valence-corrected chi connectivity index (χ2v) is 14.6. The molecule has 0 aliphatic heterocycles. The molecule has 0 heterocycles. The van der Waals surface area contributed by atoms with Crippen molar-refractivity contribution in [1.29, 1.82) is 0 Å². The number of carbonyl (C=O) groups excluding carboxylic acids is 2. The van der Waals surface area contributed by atoms with Gasteiger partial charge in [0, 0.05) is 12.8 Å². The minimum absolute atomic E-state index is 0.0339. The first-order valence-electron chi connectivity index (χ1n) is 20.5. The topological polar surface area (TPSA) is 76.1 Å². The molecule has 0 aliphatic carbocycles. The molecule has 0 bridgehead atoms. The van der Waals surface area contributed by atoms with Crippen LogP contribution in [-0.4, -0.2) is 60.4 Å². The summed E-state index contributed by atoms with van der Waals surface area (Å²) in [7, 11) is 0. The quantitative estimate of drug-likeness (QED) is 0.0535. The van der Waals surface area contributed by atoms with Crippen LogP contribution in [-0.2, 0) is 19.1 Å². The lowest BCUT2D eigenvalue weighted by molar-refractivity contribution is -0.146. The summed E-state index contributed by atoms with van der Waals surface area (Å²) in [6.45, 7) is 17.7. The molecule has 2 atom stereocenters. The van der Waals surface area contributed by atoms with Gasteiger partial charge in [0.25, 0.3) is 0 Å². The summed E-state index contributed by atoms with van der Waals surface area (Å²) in [6, 6.07) is 0. The van der Waals surface area contributed by atoms with Gasteiger partial charge in [0.1, 0.15) is 0 Å². The fourth-order valence-corrected chi connectivity index (χ4v) is 7.02. The molecule has 0 saturated carbocycles. The van der Waals surface area contributed by atoms with Crippen molar-refractivity contribution in [2.45, 2.75) is 208 Å². The van der Waals surface area contributed by atoms with E-state index in [9.17, 15) is 14.7 Å². The van der Waals surface area contributed by atoms with Crippen LogP contribution in [0, 0.1) is 11.8 Å². The van der Waals surface area contributed by atoms with E-state index in [1.807, 2.05) is 0 Å². The summed E-state index contributed by atoms with van der Waals surface area (Å²) in [5.74, 6) is 0.851. The van der Waals surface area contributed by atoms with Crippen molar-refractivity contribution >= 4 is 11.9 Å². The first-order valence-corrected chi connectivity index (χ1v) is 20.5. The van der Waals surface area contributed by atoms with Crippen molar-refractivity contribution in [2.24, 2.45) is 11.8 Å². The van der Waals surface area contributed by atoms with E-state index in [2.05, 4.69) is 46.4 Å². The highest BCUT2D eigenvalue weighted by molar-refractivity contribution is 5.70. The molecule has 0 saturated heterocycles. The molecule has 2 unspecified atom stereocenters. The Morgan fingerprint density at radius 2 is 1.00 bits per heavy atom. The zero-order valence-electron chi connectivity index (χ0n) is 32.4. The zero-order chi connectivity index (χ0) is 35.0. The average molecular weight is 668 g/mol. The first-order chi connectivity index (χ1) is 22.8. The van der Waals surface area contributed by atoms with Gasteiger partial charge in [-0.25, -0.2) is 0 Å². The smallest absolute Gasteiger partial charge is 0.306 e. The van der Waals surface area contributed by atoms with Gasteiger partial charge in [-0.15, -0.1) is 0 Å². The molecule has 6 heteroatoms. The maximum Gasteiger partial charge on any atom is 0.306 e. The molecule has 0 amide bonds. The third kappa shape index (κ3) is 27.4. The standard InChI is InChI=1S/C41H81NO5/c1-7-13-26-37(12-6)35-39(43)46-33-22-16-14-18-27-41(45,29-20-21-32-42(30-10-4)31-11-5)28-19-15-17-23-34-47-40(44)36-38(24-8-2)25-9-3/h37-38,45H,7-36H2,1-6H3. The van der Waals surface area contributed by atoms with E-state index in [-0.39, 0.29) is 11.9 Å². The van der Waals surface area contributed by atoms with Crippen LogP contribution in [0.1, 0.15) is 202 Å². The van der Waals surface area contributed by atoms with Crippen LogP contribution in [0.5, 0.6) is 0 Å². The van der Waals surface area contributed by atoms with Crippen molar-refractivity contribution < 1.29 is 24.2 Å². The summed E-state index contributed by atoms with van der Waals surface area (Å²) in [6.07, 6.45) is 25.3. The Labute approximate surface area is 292 Å². The Morgan fingerprint density at radius 3 is 1.45 bits per heavy atom. The summed E-state index contributed by atoms with van der Waals surface area (Å²) in [5, 5.41) is 11.7. The van der Waals surface area contributed by atoms with Gasteiger partial charge in [-0.3, -0.25) is 9.59 Å². The van der Waals surface area contributed by atoms with Crippen LogP contribution in [0.3, 0.4) is 0 Å². The monoisotopic (exact) mass is 668 g/mol. The molecule has 0 radical (unpaired) electrons. The van der Waals surface area contributed by atoms with Gasteiger partial charge < -0.3 is 19.5 Å². The lowest BCUT2D eigenvalue weighted by Crippen LogP contribution is -2.30. The zero-order valence-corrected chi connectivity index (χ0v) is 32.4. The van der Waals surface area contributed by atoms with Gasteiger partial charge in [0.15, 0.2) is 0 Å². The van der Waals surface area contributed by atoms with Crippen molar-refractivity contribution in [2.75, 3.05) is 32.8 Å². The maximum absolute atomic E-state index is 12.3. The molecular formula is C41H81NO5. The van der Waals surface area contributed by atoms with E-state index in [0.29, 0.717) is 37.9 Å². The number of ether oxygens (including phenoxy) is 2. The van der Waals surface area contributed by atoms with E-state index in [1.165, 1.54) is 38.8 Å². The Hall–Kier alpha value is -1.14. The number of rotatable bonds is 35. The van der Waals surface area contributed by atoms with Crippen LogP contribution in [0.15, 0.2) is 0 Å². The average Bonchev–Trinajstić information content (AvgIpc) is 3.04. The molecular weight excluding hydrogens is 586 g/mol. The Balaban J connectivity index is 4.53. The van der Waals surface area contributed by atoms with Crippen LogP contribution < -0.4 is 0 Å². The number of hydrogen-bond acceptors (Lipinski definition) is 6. The van der Waals surface area contributed by atoms with E-state index in [4.69, 9.17) is 9.47 Å². The third-order valence-electron chi connectivity index (χ3n) is 9.89. The van der Waals surface area contributed by atoms with Crippen molar-refractivity contribution in [1.82, 2.24) is 4.90 Å². The van der Waals surface area contributed by atoms with Gasteiger partial charge in [-0.1, -0.05) is 125 Å². The molecule has 47 heavy (non-hydrogen) atoms. The van der Waals surface area contributed by atoms with Crippen LogP contribution in [0.4, 0.5) is 0 Å². The van der Waals surface area contributed by atoms with Crippen molar-refractivity contribution in [3.05, 3.63) is 0 Å². The van der Waals surface area contributed by atoms with Gasteiger partial charge in [-0.2, -0.15) is 0 Å². The summed E-state index contributed by atoms with van der Waals surface area (Å²) in [4.78, 5) is 27.1. The van der Waals surface area contributed by atoms with Crippen molar-refractivity contribution in [3.63, 3.8) is 0 Å². The second kappa shape index (κ2) is 32.1. The maximum atomic E-state index is 12.3. The normalized spacial score (nSPS) is 13.6.